The second kappa shape index (κ2) is 6.57. The summed E-state index contributed by atoms with van der Waals surface area (Å²) in [6.07, 6.45) is 3.25. The molecule has 0 saturated carbocycles. The zero-order valence-electron chi connectivity index (χ0n) is 11.3. The predicted octanol–water partition coefficient (Wildman–Crippen LogP) is 1.96. The number of aliphatic hydroxyl groups excluding tert-OH is 1. The van der Waals surface area contributed by atoms with Gasteiger partial charge in [0.15, 0.2) is 0 Å². The van der Waals surface area contributed by atoms with Gasteiger partial charge < -0.3 is 14.7 Å². The van der Waals surface area contributed by atoms with E-state index in [0.29, 0.717) is 19.4 Å². The van der Waals surface area contributed by atoms with E-state index in [1.54, 1.807) is 12.0 Å². The molecule has 0 aromatic heterocycles. The van der Waals surface area contributed by atoms with Gasteiger partial charge in [0.25, 0.3) is 0 Å². The third-order valence-corrected chi connectivity index (χ3v) is 3.56. The van der Waals surface area contributed by atoms with E-state index in [2.05, 4.69) is 0 Å². The first-order valence-electron chi connectivity index (χ1n) is 6.81. The highest BCUT2D eigenvalue weighted by molar-refractivity contribution is 5.76. The molecule has 0 radical (unpaired) electrons. The van der Waals surface area contributed by atoms with Crippen molar-refractivity contribution in [2.75, 3.05) is 13.7 Å². The number of likely N-dealkylation sites (tertiary alicyclic amines) is 1. The van der Waals surface area contributed by atoms with Crippen LogP contribution in [0.15, 0.2) is 24.3 Å². The minimum absolute atomic E-state index is 0.0681. The van der Waals surface area contributed by atoms with Crippen LogP contribution in [0.4, 0.5) is 0 Å². The standard InChI is InChI=1S/C15H21NO3/c1-19-13-9-7-12(8-10-13)4-2-5-14(17)16-11-3-6-15(16)18/h7-10,15,18H,2-6,11H2,1H3. The number of amides is 1. The molecular formula is C15H21NO3. The van der Waals surface area contributed by atoms with Crippen LogP contribution in [0.5, 0.6) is 5.75 Å². The number of hydrogen-bond acceptors (Lipinski definition) is 3. The molecule has 19 heavy (non-hydrogen) atoms. The zero-order valence-corrected chi connectivity index (χ0v) is 11.3. The van der Waals surface area contributed by atoms with E-state index in [0.717, 1.165) is 25.0 Å². The number of carbonyl (C=O) groups excluding carboxylic acids is 1. The number of hydrogen-bond donors (Lipinski definition) is 1. The Bertz CT molecular complexity index is 416. The Balaban J connectivity index is 1.75. The number of methoxy groups -OCH3 is 1. The van der Waals surface area contributed by atoms with Crippen LogP contribution >= 0.6 is 0 Å². The Morgan fingerprint density at radius 1 is 1.42 bits per heavy atom. The van der Waals surface area contributed by atoms with Crippen molar-refractivity contribution in [1.29, 1.82) is 0 Å². The molecule has 1 N–H and O–H groups in total. The fourth-order valence-corrected chi connectivity index (χ4v) is 2.42. The summed E-state index contributed by atoms with van der Waals surface area (Å²) in [6.45, 7) is 0.697. The van der Waals surface area contributed by atoms with Crippen LogP contribution in [-0.2, 0) is 11.2 Å². The van der Waals surface area contributed by atoms with Crippen molar-refractivity contribution in [3.63, 3.8) is 0 Å². The van der Waals surface area contributed by atoms with Crippen LogP contribution in [0, 0.1) is 0 Å². The Morgan fingerprint density at radius 2 is 2.16 bits per heavy atom. The highest BCUT2D eigenvalue weighted by Crippen LogP contribution is 2.17. The van der Waals surface area contributed by atoms with E-state index in [4.69, 9.17) is 4.74 Å². The lowest BCUT2D eigenvalue weighted by molar-refractivity contribution is -0.137. The highest BCUT2D eigenvalue weighted by atomic mass is 16.5. The van der Waals surface area contributed by atoms with Crippen LogP contribution in [-0.4, -0.2) is 35.8 Å². The van der Waals surface area contributed by atoms with Gasteiger partial charge in [-0.2, -0.15) is 0 Å². The third-order valence-electron chi connectivity index (χ3n) is 3.56. The summed E-state index contributed by atoms with van der Waals surface area (Å²) in [6, 6.07) is 7.91. The maximum absolute atomic E-state index is 11.9. The molecule has 0 spiro atoms. The minimum Gasteiger partial charge on any atom is -0.497 e. The second-order valence-corrected chi connectivity index (χ2v) is 4.91. The molecule has 1 unspecified atom stereocenters. The largest absolute Gasteiger partial charge is 0.497 e. The van der Waals surface area contributed by atoms with Crippen molar-refractivity contribution < 1.29 is 14.6 Å². The summed E-state index contributed by atoms with van der Waals surface area (Å²) in [5.74, 6) is 0.915. The maximum Gasteiger partial charge on any atom is 0.224 e. The number of nitrogens with zero attached hydrogens (tertiary/aromatic N) is 1. The molecule has 104 valence electrons. The van der Waals surface area contributed by atoms with Crippen molar-refractivity contribution in [3.8, 4) is 5.75 Å². The van der Waals surface area contributed by atoms with Gasteiger partial charge in [0.2, 0.25) is 5.91 Å². The van der Waals surface area contributed by atoms with Gasteiger partial charge in [-0.15, -0.1) is 0 Å². The quantitative estimate of drug-likeness (QED) is 0.883. The van der Waals surface area contributed by atoms with Crippen LogP contribution in [0.1, 0.15) is 31.2 Å². The molecule has 1 aliphatic rings. The maximum atomic E-state index is 11.9. The molecule has 1 aromatic carbocycles. The first kappa shape index (κ1) is 13.9. The van der Waals surface area contributed by atoms with E-state index in [9.17, 15) is 9.90 Å². The topological polar surface area (TPSA) is 49.8 Å². The SMILES string of the molecule is COc1ccc(CCCC(=O)N2CCCC2O)cc1. The molecule has 2 rings (SSSR count). The lowest BCUT2D eigenvalue weighted by Gasteiger charge is -2.20. The molecule has 0 bridgehead atoms. The van der Waals surface area contributed by atoms with Crippen LogP contribution in [0.25, 0.3) is 0 Å². The lowest BCUT2D eigenvalue weighted by Crippen LogP contribution is -2.35. The van der Waals surface area contributed by atoms with Gasteiger partial charge in [0.1, 0.15) is 12.0 Å². The van der Waals surface area contributed by atoms with E-state index in [-0.39, 0.29) is 5.91 Å². The van der Waals surface area contributed by atoms with Gasteiger partial charge >= 0.3 is 0 Å². The summed E-state index contributed by atoms with van der Waals surface area (Å²) in [4.78, 5) is 13.5. The summed E-state index contributed by atoms with van der Waals surface area (Å²) in [7, 11) is 1.65. The predicted molar refractivity (Wildman–Crippen MR) is 72.9 cm³/mol. The average Bonchev–Trinajstić information content (AvgIpc) is 2.86. The van der Waals surface area contributed by atoms with E-state index in [1.165, 1.54) is 5.56 Å². The van der Waals surface area contributed by atoms with Gasteiger partial charge in [-0.05, 0) is 43.4 Å². The Hall–Kier alpha value is -1.55. The molecule has 1 atom stereocenters. The third kappa shape index (κ3) is 3.70. The number of carbonyl (C=O) groups is 1. The number of benzene rings is 1. The summed E-state index contributed by atoms with van der Waals surface area (Å²) in [5, 5.41) is 9.62. The average molecular weight is 263 g/mol. The summed E-state index contributed by atoms with van der Waals surface area (Å²) >= 11 is 0. The molecule has 1 heterocycles. The molecule has 1 amide bonds. The van der Waals surface area contributed by atoms with E-state index in [1.807, 2.05) is 24.3 Å². The molecular weight excluding hydrogens is 242 g/mol. The van der Waals surface area contributed by atoms with E-state index < -0.39 is 6.23 Å². The molecule has 1 saturated heterocycles. The lowest BCUT2D eigenvalue weighted by atomic mass is 10.1. The molecule has 1 fully saturated rings. The van der Waals surface area contributed by atoms with Gasteiger partial charge in [-0.3, -0.25) is 4.79 Å². The normalized spacial score (nSPS) is 18.6. The Kier molecular flexibility index (Phi) is 4.80. The number of aryl methyl sites for hydroxylation is 1. The van der Waals surface area contributed by atoms with Crippen molar-refractivity contribution in [2.24, 2.45) is 0 Å². The Labute approximate surface area is 114 Å². The van der Waals surface area contributed by atoms with Gasteiger partial charge in [-0.25, -0.2) is 0 Å². The number of ether oxygens (including phenoxy) is 1. The Morgan fingerprint density at radius 3 is 2.74 bits per heavy atom. The monoisotopic (exact) mass is 263 g/mol. The smallest absolute Gasteiger partial charge is 0.224 e. The molecule has 1 aliphatic heterocycles. The summed E-state index contributed by atoms with van der Waals surface area (Å²) in [5.41, 5.74) is 1.20. The van der Waals surface area contributed by atoms with Crippen molar-refractivity contribution >= 4 is 5.91 Å². The molecule has 1 aromatic rings. The molecule has 4 heteroatoms. The number of rotatable bonds is 5. The number of aliphatic hydroxyl groups is 1. The first-order valence-corrected chi connectivity index (χ1v) is 6.81. The highest BCUT2D eigenvalue weighted by Gasteiger charge is 2.25. The summed E-state index contributed by atoms with van der Waals surface area (Å²) < 4.78 is 5.10. The van der Waals surface area contributed by atoms with Gasteiger partial charge in [0, 0.05) is 13.0 Å². The van der Waals surface area contributed by atoms with Crippen molar-refractivity contribution in [2.45, 2.75) is 38.3 Å². The van der Waals surface area contributed by atoms with Crippen LogP contribution < -0.4 is 4.74 Å². The first-order chi connectivity index (χ1) is 9.20. The van der Waals surface area contributed by atoms with Crippen molar-refractivity contribution in [1.82, 2.24) is 4.90 Å². The van der Waals surface area contributed by atoms with Crippen LogP contribution in [0.3, 0.4) is 0 Å². The van der Waals surface area contributed by atoms with E-state index >= 15 is 0 Å². The van der Waals surface area contributed by atoms with Crippen LogP contribution in [0.2, 0.25) is 0 Å². The fraction of sp³-hybridized carbons (Fsp3) is 0.533. The molecule has 0 aliphatic carbocycles. The van der Waals surface area contributed by atoms with Crippen molar-refractivity contribution in [3.05, 3.63) is 29.8 Å². The molecule has 4 nitrogen and oxygen atoms in total. The zero-order chi connectivity index (χ0) is 13.7. The van der Waals surface area contributed by atoms with Gasteiger partial charge in [0.05, 0.1) is 7.11 Å². The van der Waals surface area contributed by atoms with Gasteiger partial charge in [-0.1, -0.05) is 12.1 Å². The minimum atomic E-state index is -0.562. The fourth-order valence-electron chi connectivity index (χ4n) is 2.42. The second-order valence-electron chi connectivity index (χ2n) is 4.91.